The van der Waals surface area contributed by atoms with Crippen molar-refractivity contribution in [3.63, 3.8) is 0 Å². The van der Waals surface area contributed by atoms with Gasteiger partial charge in [-0.25, -0.2) is 9.18 Å². The first-order valence-corrected chi connectivity index (χ1v) is 5.19. The zero-order valence-corrected chi connectivity index (χ0v) is 9.74. The Balaban J connectivity index is 2.91. The molecular formula is C13H12FNO3. The topological polar surface area (TPSA) is 66.4 Å². The molecule has 0 aliphatic heterocycles. The summed E-state index contributed by atoms with van der Waals surface area (Å²) in [5.74, 6) is -0.611. The number of hydrogen-bond acceptors (Lipinski definition) is 2. The van der Waals surface area contributed by atoms with Crippen LogP contribution in [0.15, 0.2) is 18.2 Å². The number of rotatable bonds is 4. The van der Waals surface area contributed by atoms with Crippen molar-refractivity contribution < 1.29 is 19.1 Å². The van der Waals surface area contributed by atoms with Crippen molar-refractivity contribution in [3.05, 3.63) is 35.1 Å². The minimum absolute atomic E-state index is 0.158. The Morgan fingerprint density at radius 3 is 2.78 bits per heavy atom. The molecule has 4 nitrogen and oxygen atoms in total. The molecule has 0 aliphatic rings. The van der Waals surface area contributed by atoms with Crippen LogP contribution in [0.2, 0.25) is 0 Å². The van der Waals surface area contributed by atoms with Crippen LogP contribution < -0.4 is 5.32 Å². The van der Waals surface area contributed by atoms with E-state index in [1.165, 1.54) is 12.1 Å². The molecule has 0 heterocycles. The van der Waals surface area contributed by atoms with Gasteiger partial charge in [-0.05, 0) is 19.1 Å². The van der Waals surface area contributed by atoms with E-state index >= 15 is 0 Å². The van der Waals surface area contributed by atoms with Crippen LogP contribution in [0, 0.1) is 25.1 Å². The Kier molecular flexibility index (Phi) is 4.44. The van der Waals surface area contributed by atoms with Crippen LogP contribution in [0.5, 0.6) is 0 Å². The molecule has 0 aliphatic carbocycles. The van der Waals surface area contributed by atoms with E-state index in [9.17, 15) is 14.0 Å². The van der Waals surface area contributed by atoms with E-state index in [-0.39, 0.29) is 12.0 Å². The quantitative estimate of drug-likeness (QED) is 0.791. The highest BCUT2D eigenvalue weighted by molar-refractivity contribution is 5.97. The summed E-state index contributed by atoms with van der Waals surface area (Å²) in [6.45, 7) is 1.70. The molecule has 94 valence electrons. The molecule has 1 aromatic carbocycles. The van der Waals surface area contributed by atoms with Crippen LogP contribution in [-0.4, -0.2) is 23.0 Å². The largest absolute Gasteiger partial charge is 0.480 e. The van der Waals surface area contributed by atoms with Gasteiger partial charge in [0.25, 0.3) is 5.91 Å². The molecule has 1 amide bonds. The van der Waals surface area contributed by atoms with Crippen molar-refractivity contribution in [2.45, 2.75) is 19.4 Å². The molecule has 0 spiro atoms. The number of nitrogens with one attached hydrogen (secondary N) is 1. The maximum atomic E-state index is 13.4. The van der Waals surface area contributed by atoms with Gasteiger partial charge in [0.15, 0.2) is 0 Å². The van der Waals surface area contributed by atoms with Crippen molar-refractivity contribution in [2.75, 3.05) is 0 Å². The molecule has 1 atom stereocenters. The number of amides is 1. The van der Waals surface area contributed by atoms with Crippen LogP contribution in [-0.2, 0) is 4.79 Å². The predicted octanol–water partition coefficient (Wildman–Crippen LogP) is 1.34. The smallest absolute Gasteiger partial charge is 0.327 e. The molecule has 0 bridgehead atoms. The highest BCUT2D eigenvalue weighted by atomic mass is 19.1. The highest BCUT2D eigenvalue weighted by Crippen LogP contribution is 2.10. The summed E-state index contributed by atoms with van der Waals surface area (Å²) in [6, 6.07) is 2.80. The fraction of sp³-hybridized carbons (Fsp3) is 0.231. The Bertz CT molecular complexity index is 519. The lowest BCUT2D eigenvalue weighted by Gasteiger charge is -2.12. The molecule has 18 heavy (non-hydrogen) atoms. The van der Waals surface area contributed by atoms with E-state index in [2.05, 4.69) is 11.2 Å². The summed E-state index contributed by atoms with van der Waals surface area (Å²) in [7, 11) is 0. The number of aryl methyl sites for hydroxylation is 1. The number of hydrogen-bond donors (Lipinski definition) is 2. The third kappa shape index (κ3) is 3.32. The van der Waals surface area contributed by atoms with Gasteiger partial charge in [0.2, 0.25) is 0 Å². The van der Waals surface area contributed by atoms with E-state index in [1.807, 2.05) is 0 Å². The monoisotopic (exact) mass is 249 g/mol. The van der Waals surface area contributed by atoms with E-state index in [0.29, 0.717) is 5.56 Å². The van der Waals surface area contributed by atoms with Crippen molar-refractivity contribution in [2.24, 2.45) is 0 Å². The Labute approximate surface area is 104 Å². The molecule has 0 aromatic heterocycles. The van der Waals surface area contributed by atoms with Crippen molar-refractivity contribution >= 4 is 11.9 Å². The summed E-state index contributed by atoms with van der Waals surface area (Å²) >= 11 is 0. The number of carbonyl (C=O) groups excluding carboxylic acids is 1. The van der Waals surface area contributed by atoms with E-state index in [0.717, 1.165) is 6.07 Å². The fourth-order valence-electron chi connectivity index (χ4n) is 1.37. The SMILES string of the molecule is C#CCC(NC(=O)c1cc(C)ccc1F)C(=O)O. The fourth-order valence-corrected chi connectivity index (χ4v) is 1.37. The number of carbonyl (C=O) groups is 2. The van der Waals surface area contributed by atoms with Gasteiger partial charge < -0.3 is 10.4 Å². The number of carboxylic acids is 1. The van der Waals surface area contributed by atoms with E-state index in [4.69, 9.17) is 11.5 Å². The van der Waals surface area contributed by atoms with Crippen LogP contribution in [0.25, 0.3) is 0 Å². The van der Waals surface area contributed by atoms with Gasteiger partial charge in [-0.2, -0.15) is 0 Å². The first kappa shape index (κ1) is 13.7. The molecule has 5 heteroatoms. The van der Waals surface area contributed by atoms with E-state index in [1.54, 1.807) is 6.92 Å². The summed E-state index contributed by atoms with van der Waals surface area (Å²) in [4.78, 5) is 22.5. The van der Waals surface area contributed by atoms with Gasteiger partial charge in [0.05, 0.1) is 5.56 Å². The molecule has 1 rings (SSSR count). The first-order chi connectivity index (χ1) is 8.45. The summed E-state index contributed by atoms with van der Waals surface area (Å²) in [5.41, 5.74) is 0.503. The maximum Gasteiger partial charge on any atom is 0.327 e. The average molecular weight is 249 g/mol. The second-order valence-electron chi connectivity index (χ2n) is 3.76. The van der Waals surface area contributed by atoms with Gasteiger partial charge in [0.1, 0.15) is 11.9 Å². The average Bonchev–Trinajstić information content (AvgIpc) is 2.31. The predicted molar refractivity (Wildman–Crippen MR) is 63.5 cm³/mol. The minimum Gasteiger partial charge on any atom is -0.480 e. The van der Waals surface area contributed by atoms with Gasteiger partial charge in [-0.3, -0.25) is 4.79 Å². The van der Waals surface area contributed by atoms with Gasteiger partial charge in [-0.1, -0.05) is 11.6 Å². The number of benzene rings is 1. The summed E-state index contributed by atoms with van der Waals surface area (Å²) in [5, 5.41) is 11.0. The van der Waals surface area contributed by atoms with Crippen LogP contribution in [0.1, 0.15) is 22.3 Å². The third-order valence-corrected chi connectivity index (χ3v) is 2.29. The number of carboxylic acid groups (broad SMARTS) is 1. The lowest BCUT2D eigenvalue weighted by Crippen LogP contribution is -2.40. The second-order valence-corrected chi connectivity index (χ2v) is 3.76. The lowest BCUT2D eigenvalue weighted by molar-refractivity contribution is -0.139. The third-order valence-electron chi connectivity index (χ3n) is 2.29. The van der Waals surface area contributed by atoms with Crippen molar-refractivity contribution in [1.82, 2.24) is 5.32 Å². The maximum absolute atomic E-state index is 13.4. The molecule has 1 unspecified atom stereocenters. The van der Waals surface area contributed by atoms with Crippen molar-refractivity contribution in [1.29, 1.82) is 0 Å². The minimum atomic E-state index is -1.26. The number of halogens is 1. The van der Waals surface area contributed by atoms with Gasteiger partial charge in [0, 0.05) is 6.42 Å². The standard InChI is InChI=1S/C13H12FNO3/c1-3-4-11(13(17)18)15-12(16)9-7-8(2)5-6-10(9)14/h1,5-7,11H,4H2,2H3,(H,15,16)(H,17,18). The zero-order valence-electron chi connectivity index (χ0n) is 9.74. The first-order valence-electron chi connectivity index (χ1n) is 5.19. The van der Waals surface area contributed by atoms with E-state index < -0.39 is 23.7 Å². The molecule has 0 radical (unpaired) electrons. The van der Waals surface area contributed by atoms with Crippen LogP contribution >= 0.6 is 0 Å². The molecule has 0 fully saturated rings. The van der Waals surface area contributed by atoms with Crippen LogP contribution in [0.4, 0.5) is 4.39 Å². The Morgan fingerprint density at radius 1 is 1.56 bits per heavy atom. The lowest BCUT2D eigenvalue weighted by atomic mass is 10.1. The zero-order chi connectivity index (χ0) is 13.7. The Hall–Kier alpha value is -2.35. The van der Waals surface area contributed by atoms with Gasteiger partial charge in [-0.15, -0.1) is 12.3 Å². The summed E-state index contributed by atoms with van der Waals surface area (Å²) < 4.78 is 13.4. The van der Waals surface area contributed by atoms with Gasteiger partial charge >= 0.3 is 5.97 Å². The molecule has 2 N–H and O–H groups in total. The number of aliphatic carboxylic acids is 1. The molecule has 0 saturated carbocycles. The molecular weight excluding hydrogens is 237 g/mol. The number of terminal acetylenes is 1. The molecule has 1 aromatic rings. The summed E-state index contributed by atoms with van der Waals surface area (Å²) in [6.07, 6.45) is 4.84. The van der Waals surface area contributed by atoms with Crippen LogP contribution in [0.3, 0.4) is 0 Å². The molecule has 0 saturated heterocycles. The highest BCUT2D eigenvalue weighted by Gasteiger charge is 2.21. The normalized spacial score (nSPS) is 11.4. The second kappa shape index (κ2) is 5.82. The Morgan fingerprint density at radius 2 is 2.22 bits per heavy atom. The van der Waals surface area contributed by atoms with Crippen molar-refractivity contribution in [3.8, 4) is 12.3 Å².